The van der Waals surface area contributed by atoms with Gasteiger partial charge in [0.25, 0.3) is 0 Å². The number of aromatic nitrogens is 2. The molecule has 0 saturated carbocycles. The van der Waals surface area contributed by atoms with Crippen LogP contribution in [0.2, 0.25) is 5.02 Å². The molecular formula is C38H33ClN4O5S. The Bertz CT molecular complexity index is 1980. The van der Waals surface area contributed by atoms with Crippen LogP contribution >= 0.6 is 23.4 Å². The predicted molar refractivity (Wildman–Crippen MR) is 190 cm³/mol. The number of nitrogens with one attached hydrogen (secondary N) is 2. The molecule has 0 unspecified atom stereocenters. The normalized spacial score (nSPS) is 12.1. The van der Waals surface area contributed by atoms with E-state index in [9.17, 15) is 14.4 Å². The summed E-state index contributed by atoms with van der Waals surface area (Å²) in [6.45, 7) is 5.60. The molecule has 2 heterocycles. The summed E-state index contributed by atoms with van der Waals surface area (Å²) < 4.78 is 11.1. The molecule has 0 atom stereocenters. The van der Waals surface area contributed by atoms with Crippen LogP contribution in [0.3, 0.4) is 0 Å². The van der Waals surface area contributed by atoms with Gasteiger partial charge in [0, 0.05) is 40.9 Å². The summed E-state index contributed by atoms with van der Waals surface area (Å²) in [5.41, 5.74) is 6.44. The van der Waals surface area contributed by atoms with Gasteiger partial charge in [-0.05, 0) is 90.6 Å². The maximum atomic E-state index is 13.1. The van der Waals surface area contributed by atoms with Crippen LogP contribution in [0.5, 0.6) is 0 Å². The third kappa shape index (κ3) is 7.93. The highest BCUT2D eigenvalue weighted by molar-refractivity contribution is 7.99. The molecule has 5 aromatic rings. The molecule has 9 nitrogen and oxygen atoms in total. The van der Waals surface area contributed by atoms with Gasteiger partial charge in [-0.25, -0.2) is 19.6 Å². The monoisotopic (exact) mass is 692 g/mol. The van der Waals surface area contributed by atoms with Gasteiger partial charge in [-0.1, -0.05) is 71.9 Å². The van der Waals surface area contributed by atoms with Gasteiger partial charge in [0.15, 0.2) is 6.29 Å². The molecule has 11 heteroatoms. The lowest BCUT2D eigenvalue weighted by Gasteiger charge is -2.19. The maximum absolute atomic E-state index is 13.1. The van der Waals surface area contributed by atoms with Crippen molar-refractivity contribution in [2.45, 2.75) is 48.8 Å². The molecule has 248 valence electrons. The molecule has 2 N–H and O–H groups in total. The number of hydrogen-bond acceptors (Lipinski definition) is 8. The van der Waals surface area contributed by atoms with E-state index in [2.05, 4.69) is 44.9 Å². The summed E-state index contributed by atoms with van der Waals surface area (Å²) in [5.74, 6) is 0.248. The Morgan fingerprint density at radius 2 is 1.61 bits per heavy atom. The lowest BCUT2D eigenvalue weighted by Crippen LogP contribution is -2.27. The van der Waals surface area contributed by atoms with E-state index in [0.29, 0.717) is 31.9 Å². The van der Waals surface area contributed by atoms with Crippen molar-refractivity contribution in [2.75, 3.05) is 11.9 Å². The van der Waals surface area contributed by atoms with Crippen LogP contribution in [0.25, 0.3) is 22.3 Å². The SMILES string of the molecule is CC(C)(C)OC(=O)Nc1ccc(-c2cc(Cl)c(Sc3ncccc3C=O)c(CNC(=O)OCC3c4ccccc4-c4ccccc43)c2)cn1. The predicted octanol–water partition coefficient (Wildman–Crippen LogP) is 9.15. The number of ether oxygens (including phenoxy) is 2. The Kier molecular flexibility index (Phi) is 9.98. The van der Waals surface area contributed by atoms with E-state index >= 15 is 0 Å². The molecule has 1 aliphatic rings. The second kappa shape index (κ2) is 14.5. The van der Waals surface area contributed by atoms with Crippen LogP contribution in [-0.2, 0) is 16.0 Å². The van der Waals surface area contributed by atoms with Gasteiger partial charge < -0.3 is 14.8 Å². The summed E-state index contributed by atoms with van der Waals surface area (Å²) in [7, 11) is 0. The average Bonchev–Trinajstić information content (AvgIpc) is 3.40. The molecule has 0 aliphatic heterocycles. The van der Waals surface area contributed by atoms with E-state index in [1.807, 2.05) is 30.3 Å². The van der Waals surface area contributed by atoms with Gasteiger partial charge in [0.2, 0.25) is 0 Å². The van der Waals surface area contributed by atoms with Crippen LogP contribution in [0, 0.1) is 0 Å². The lowest BCUT2D eigenvalue weighted by atomic mass is 9.98. The first-order valence-electron chi connectivity index (χ1n) is 15.6. The third-order valence-electron chi connectivity index (χ3n) is 7.74. The zero-order chi connectivity index (χ0) is 34.5. The summed E-state index contributed by atoms with van der Waals surface area (Å²) in [6, 6.07) is 26.8. The van der Waals surface area contributed by atoms with Gasteiger partial charge in [0.1, 0.15) is 23.1 Å². The minimum Gasteiger partial charge on any atom is -0.449 e. The topological polar surface area (TPSA) is 120 Å². The number of aldehydes is 1. The minimum atomic E-state index is -0.646. The fourth-order valence-corrected chi connectivity index (χ4v) is 6.92. The Balaban J connectivity index is 1.22. The Labute approximate surface area is 293 Å². The second-order valence-corrected chi connectivity index (χ2v) is 13.7. The third-order valence-corrected chi connectivity index (χ3v) is 9.37. The van der Waals surface area contributed by atoms with E-state index in [1.165, 1.54) is 11.8 Å². The number of alkyl carbamates (subject to hydrolysis) is 1. The number of carbonyl (C=O) groups excluding carboxylic acids is 3. The van der Waals surface area contributed by atoms with Gasteiger partial charge in [-0.3, -0.25) is 10.1 Å². The van der Waals surface area contributed by atoms with E-state index in [-0.39, 0.29) is 19.1 Å². The number of anilines is 1. The molecule has 49 heavy (non-hydrogen) atoms. The molecule has 0 bridgehead atoms. The van der Waals surface area contributed by atoms with E-state index in [0.717, 1.165) is 39.7 Å². The standard InChI is InChI=1S/C38H33ClN4O5S/c1-38(2,3)48-37(46)43-33-15-14-23(19-41-33)25-17-26(34(32(39)18-25)49-35-24(21-44)9-8-16-40-35)20-42-36(45)47-22-31-29-12-6-4-10-27(29)28-11-5-7-13-30(28)31/h4-19,21,31H,20,22H2,1-3H3,(H,42,45)(H,41,43,46). The fraction of sp³-hybridized carbons (Fsp3) is 0.184. The van der Waals surface area contributed by atoms with Crippen molar-refractivity contribution in [1.82, 2.24) is 15.3 Å². The Morgan fingerprint density at radius 1 is 0.898 bits per heavy atom. The van der Waals surface area contributed by atoms with Gasteiger partial charge in [-0.15, -0.1) is 0 Å². The van der Waals surface area contributed by atoms with Crippen LogP contribution < -0.4 is 10.6 Å². The molecule has 1 aliphatic carbocycles. The lowest BCUT2D eigenvalue weighted by molar-refractivity contribution is 0.0635. The number of fused-ring (bicyclic) bond motifs is 3. The Hall–Kier alpha value is -5.19. The number of hydrogen-bond donors (Lipinski definition) is 2. The molecule has 6 rings (SSSR count). The van der Waals surface area contributed by atoms with Crippen LogP contribution in [-0.4, -0.2) is 40.6 Å². The molecular weight excluding hydrogens is 660 g/mol. The van der Waals surface area contributed by atoms with E-state index in [1.54, 1.807) is 63.5 Å². The van der Waals surface area contributed by atoms with Crippen molar-refractivity contribution in [3.05, 3.63) is 125 Å². The number of carbonyl (C=O) groups is 3. The number of benzene rings is 3. The molecule has 0 saturated heterocycles. The van der Waals surface area contributed by atoms with Crippen molar-refractivity contribution in [3.63, 3.8) is 0 Å². The first kappa shape index (κ1) is 33.7. The highest BCUT2D eigenvalue weighted by Gasteiger charge is 2.29. The molecule has 3 aromatic carbocycles. The number of pyridine rings is 2. The smallest absolute Gasteiger partial charge is 0.413 e. The molecule has 0 spiro atoms. The fourth-order valence-electron chi connectivity index (χ4n) is 5.60. The average molecular weight is 693 g/mol. The van der Waals surface area contributed by atoms with Crippen LogP contribution in [0.4, 0.5) is 15.4 Å². The van der Waals surface area contributed by atoms with Crippen molar-refractivity contribution in [2.24, 2.45) is 0 Å². The van der Waals surface area contributed by atoms with Crippen LogP contribution in [0.15, 0.2) is 107 Å². The number of nitrogens with zero attached hydrogens (tertiary/aromatic N) is 2. The summed E-state index contributed by atoms with van der Waals surface area (Å²) in [4.78, 5) is 46.4. The van der Waals surface area contributed by atoms with Crippen molar-refractivity contribution < 1.29 is 23.9 Å². The molecule has 0 fully saturated rings. The number of halogens is 1. The van der Waals surface area contributed by atoms with Gasteiger partial charge in [0.05, 0.1) is 5.02 Å². The molecule has 0 radical (unpaired) electrons. The van der Waals surface area contributed by atoms with E-state index < -0.39 is 17.8 Å². The largest absolute Gasteiger partial charge is 0.449 e. The summed E-state index contributed by atoms with van der Waals surface area (Å²) in [6.07, 6.45) is 2.76. The van der Waals surface area contributed by atoms with E-state index in [4.69, 9.17) is 21.1 Å². The summed E-state index contributed by atoms with van der Waals surface area (Å²) in [5, 5.41) is 6.38. The molecule has 2 amide bonds. The number of rotatable bonds is 9. The van der Waals surface area contributed by atoms with Crippen LogP contribution in [0.1, 0.15) is 53.7 Å². The number of amides is 2. The summed E-state index contributed by atoms with van der Waals surface area (Å²) >= 11 is 8.11. The minimum absolute atomic E-state index is 0.0757. The van der Waals surface area contributed by atoms with Gasteiger partial charge >= 0.3 is 12.2 Å². The highest BCUT2D eigenvalue weighted by atomic mass is 35.5. The quantitative estimate of drug-likeness (QED) is 0.147. The Morgan fingerprint density at radius 3 is 2.27 bits per heavy atom. The zero-order valence-electron chi connectivity index (χ0n) is 27.0. The maximum Gasteiger partial charge on any atom is 0.413 e. The molecule has 2 aromatic heterocycles. The van der Waals surface area contributed by atoms with Crippen molar-refractivity contribution >= 4 is 47.7 Å². The second-order valence-electron chi connectivity index (χ2n) is 12.3. The van der Waals surface area contributed by atoms with Gasteiger partial charge in [-0.2, -0.15) is 0 Å². The first-order valence-corrected chi connectivity index (χ1v) is 16.7. The highest BCUT2D eigenvalue weighted by Crippen LogP contribution is 2.44. The van der Waals surface area contributed by atoms with Crippen molar-refractivity contribution in [1.29, 1.82) is 0 Å². The zero-order valence-corrected chi connectivity index (χ0v) is 28.6. The van der Waals surface area contributed by atoms with Crippen molar-refractivity contribution in [3.8, 4) is 22.3 Å². The first-order chi connectivity index (χ1) is 23.6.